The SMILES string of the molecule is CC(C)CCCC=NOCc1ccc(-c2cnc(N)s2)nc1. The third-order valence-corrected chi connectivity index (χ3v) is 3.94. The molecule has 6 heteroatoms. The van der Waals surface area contributed by atoms with Gasteiger partial charge in [0, 0.05) is 24.2 Å². The molecular weight excluding hydrogens is 296 g/mol. The molecule has 0 atom stereocenters. The van der Waals surface area contributed by atoms with Crippen molar-refractivity contribution < 1.29 is 4.84 Å². The van der Waals surface area contributed by atoms with Crippen molar-refractivity contribution in [2.75, 3.05) is 5.73 Å². The Kier molecular flexibility index (Phi) is 6.33. The lowest BCUT2D eigenvalue weighted by Crippen LogP contribution is -1.91. The molecule has 0 saturated heterocycles. The van der Waals surface area contributed by atoms with E-state index in [0.29, 0.717) is 11.7 Å². The highest BCUT2D eigenvalue weighted by Crippen LogP contribution is 2.25. The number of nitrogens with two attached hydrogens (primary N) is 1. The molecule has 2 aromatic heterocycles. The van der Waals surface area contributed by atoms with E-state index in [0.717, 1.165) is 34.9 Å². The number of thiazole rings is 1. The number of aromatic nitrogens is 2. The first-order valence-electron chi connectivity index (χ1n) is 7.45. The highest BCUT2D eigenvalue weighted by molar-refractivity contribution is 7.18. The van der Waals surface area contributed by atoms with Crippen molar-refractivity contribution in [1.29, 1.82) is 0 Å². The van der Waals surface area contributed by atoms with E-state index in [9.17, 15) is 0 Å². The van der Waals surface area contributed by atoms with Crippen molar-refractivity contribution in [2.24, 2.45) is 11.1 Å². The highest BCUT2D eigenvalue weighted by atomic mass is 32.1. The van der Waals surface area contributed by atoms with Crippen LogP contribution >= 0.6 is 11.3 Å². The molecule has 2 N–H and O–H groups in total. The average molecular weight is 318 g/mol. The van der Waals surface area contributed by atoms with Crippen LogP contribution in [0.5, 0.6) is 0 Å². The van der Waals surface area contributed by atoms with Crippen LogP contribution in [-0.4, -0.2) is 16.2 Å². The maximum Gasteiger partial charge on any atom is 0.180 e. The molecule has 0 aliphatic rings. The summed E-state index contributed by atoms with van der Waals surface area (Å²) in [6, 6.07) is 3.92. The number of nitrogen functional groups attached to an aromatic ring is 1. The minimum absolute atomic E-state index is 0.429. The quantitative estimate of drug-likeness (QED) is 0.451. The molecule has 0 bridgehead atoms. The number of nitrogens with zero attached hydrogens (tertiary/aromatic N) is 3. The minimum Gasteiger partial charge on any atom is -0.391 e. The summed E-state index contributed by atoms with van der Waals surface area (Å²) in [5, 5.41) is 4.52. The lowest BCUT2D eigenvalue weighted by Gasteiger charge is -2.02. The third kappa shape index (κ3) is 5.44. The summed E-state index contributed by atoms with van der Waals surface area (Å²) < 4.78 is 0. The summed E-state index contributed by atoms with van der Waals surface area (Å²) in [5.41, 5.74) is 7.48. The fourth-order valence-electron chi connectivity index (χ4n) is 1.90. The minimum atomic E-state index is 0.429. The van der Waals surface area contributed by atoms with Gasteiger partial charge in [0.05, 0.1) is 10.6 Å². The number of unbranched alkanes of at least 4 members (excludes halogenated alkanes) is 1. The first kappa shape index (κ1) is 16.4. The molecule has 0 fully saturated rings. The van der Waals surface area contributed by atoms with E-state index in [1.165, 1.54) is 17.8 Å². The van der Waals surface area contributed by atoms with E-state index in [4.69, 9.17) is 10.6 Å². The van der Waals surface area contributed by atoms with Crippen LogP contribution in [0, 0.1) is 5.92 Å². The molecule has 0 aliphatic carbocycles. The van der Waals surface area contributed by atoms with Crippen LogP contribution in [0.3, 0.4) is 0 Å². The number of pyridine rings is 1. The Morgan fingerprint density at radius 2 is 2.18 bits per heavy atom. The highest BCUT2D eigenvalue weighted by Gasteiger charge is 2.03. The van der Waals surface area contributed by atoms with Gasteiger partial charge in [0.15, 0.2) is 5.13 Å². The van der Waals surface area contributed by atoms with Gasteiger partial charge in [-0.2, -0.15) is 0 Å². The molecule has 0 aliphatic heterocycles. The van der Waals surface area contributed by atoms with Gasteiger partial charge in [-0.05, 0) is 24.8 Å². The second-order valence-corrected chi connectivity index (χ2v) is 6.56. The zero-order valence-electron chi connectivity index (χ0n) is 13.0. The van der Waals surface area contributed by atoms with Crippen molar-refractivity contribution >= 4 is 22.7 Å². The summed E-state index contributed by atoms with van der Waals surface area (Å²) in [5.74, 6) is 0.743. The second-order valence-electron chi connectivity index (χ2n) is 5.50. The lowest BCUT2D eigenvalue weighted by atomic mass is 10.1. The van der Waals surface area contributed by atoms with Gasteiger partial charge in [0.2, 0.25) is 0 Å². The third-order valence-electron chi connectivity index (χ3n) is 3.10. The van der Waals surface area contributed by atoms with Gasteiger partial charge in [0.25, 0.3) is 0 Å². The molecule has 5 nitrogen and oxygen atoms in total. The predicted octanol–water partition coefficient (Wildman–Crippen LogP) is 4.12. The Hall–Kier alpha value is -1.95. The summed E-state index contributed by atoms with van der Waals surface area (Å²) in [7, 11) is 0. The van der Waals surface area contributed by atoms with Gasteiger partial charge in [-0.1, -0.05) is 42.8 Å². The number of rotatable bonds is 8. The van der Waals surface area contributed by atoms with Crippen LogP contribution < -0.4 is 5.73 Å². The molecule has 22 heavy (non-hydrogen) atoms. The Bertz CT molecular complexity index is 592. The van der Waals surface area contributed by atoms with Crippen LogP contribution in [-0.2, 0) is 11.4 Å². The molecular formula is C16H22N4OS. The fraction of sp³-hybridized carbons (Fsp3) is 0.438. The Morgan fingerprint density at radius 1 is 1.32 bits per heavy atom. The second kappa shape index (κ2) is 8.48. The normalized spacial score (nSPS) is 11.4. The largest absolute Gasteiger partial charge is 0.391 e. The summed E-state index contributed by atoms with van der Waals surface area (Å²) >= 11 is 1.43. The van der Waals surface area contributed by atoms with Crippen LogP contribution in [0.4, 0.5) is 5.13 Å². The zero-order chi connectivity index (χ0) is 15.8. The van der Waals surface area contributed by atoms with E-state index in [1.807, 2.05) is 18.3 Å². The molecule has 0 radical (unpaired) electrons. The van der Waals surface area contributed by atoms with Crippen LogP contribution in [0.1, 0.15) is 38.7 Å². The van der Waals surface area contributed by atoms with Crippen molar-refractivity contribution in [3.63, 3.8) is 0 Å². The van der Waals surface area contributed by atoms with Crippen molar-refractivity contribution in [3.05, 3.63) is 30.1 Å². The van der Waals surface area contributed by atoms with Crippen molar-refractivity contribution in [3.8, 4) is 10.6 Å². The molecule has 118 valence electrons. The molecule has 2 rings (SSSR count). The first-order chi connectivity index (χ1) is 10.6. The van der Waals surface area contributed by atoms with Crippen molar-refractivity contribution in [1.82, 2.24) is 9.97 Å². The Labute approximate surface area is 135 Å². The van der Waals surface area contributed by atoms with Crippen LogP contribution in [0.2, 0.25) is 0 Å². The van der Waals surface area contributed by atoms with E-state index in [1.54, 1.807) is 12.4 Å². The molecule has 0 amide bonds. The van der Waals surface area contributed by atoms with Gasteiger partial charge in [-0.3, -0.25) is 4.98 Å². The van der Waals surface area contributed by atoms with Gasteiger partial charge >= 0.3 is 0 Å². The topological polar surface area (TPSA) is 73.4 Å². The smallest absolute Gasteiger partial charge is 0.180 e. The molecule has 0 saturated carbocycles. The maximum absolute atomic E-state index is 5.62. The van der Waals surface area contributed by atoms with Gasteiger partial charge in [-0.25, -0.2) is 4.98 Å². The van der Waals surface area contributed by atoms with Gasteiger partial charge in [-0.15, -0.1) is 0 Å². The van der Waals surface area contributed by atoms with Gasteiger partial charge < -0.3 is 10.6 Å². The van der Waals surface area contributed by atoms with Gasteiger partial charge in [0.1, 0.15) is 6.61 Å². The molecule has 0 unspecified atom stereocenters. The lowest BCUT2D eigenvalue weighted by molar-refractivity contribution is 0.131. The zero-order valence-corrected chi connectivity index (χ0v) is 13.8. The Morgan fingerprint density at radius 3 is 2.82 bits per heavy atom. The number of oxime groups is 1. The van der Waals surface area contributed by atoms with E-state index >= 15 is 0 Å². The molecule has 0 aromatic carbocycles. The number of hydrogen-bond acceptors (Lipinski definition) is 6. The maximum atomic E-state index is 5.62. The number of hydrogen-bond donors (Lipinski definition) is 1. The first-order valence-corrected chi connectivity index (χ1v) is 8.27. The number of anilines is 1. The average Bonchev–Trinajstić information content (AvgIpc) is 2.93. The van der Waals surface area contributed by atoms with Crippen LogP contribution in [0.15, 0.2) is 29.7 Å². The van der Waals surface area contributed by atoms with E-state index in [-0.39, 0.29) is 0 Å². The summed E-state index contributed by atoms with van der Waals surface area (Å²) in [6.07, 6.45) is 8.70. The molecule has 2 heterocycles. The summed E-state index contributed by atoms with van der Waals surface area (Å²) in [6.45, 7) is 4.88. The predicted molar refractivity (Wildman–Crippen MR) is 91.7 cm³/mol. The van der Waals surface area contributed by atoms with E-state index < -0.39 is 0 Å². The fourth-order valence-corrected chi connectivity index (χ4v) is 2.56. The standard InChI is InChI=1S/C16H22N4OS/c1-12(2)5-3-4-8-20-21-11-13-6-7-14(18-9-13)15-10-19-16(17)22-15/h6-10,12H,3-5,11H2,1-2H3,(H2,17,19). The monoisotopic (exact) mass is 318 g/mol. The van der Waals surface area contributed by atoms with Crippen molar-refractivity contribution in [2.45, 2.75) is 39.7 Å². The Balaban J connectivity index is 1.74. The molecule has 0 spiro atoms. The van der Waals surface area contributed by atoms with Crippen LogP contribution in [0.25, 0.3) is 10.6 Å². The summed E-state index contributed by atoms with van der Waals surface area (Å²) in [4.78, 5) is 14.7. The van der Waals surface area contributed by atoms with E-state index in [2.05, 4.69) is 29.0 Å². The molecule has 2 aromatic rings.